The van der Waals surface area contributed by atoms with Crippen LogP contribution in [0.2, 0.25) is 0 Å². The van der Waals surface area contributed by atoms with Crippen LogP contribution in [0.5, 0.6) is 0 Å². The number of fused-ring (bicyclic) bond motifs is 2. The highest BCUT2D eigenvalue weighted by atomic mass is 16.6. The third-order valence-corrected chi connectivity index (χ3v) is 7.69. The average Bonchev–Trinajstić information content (AvgIpc) is 3.60. The molecule has 2 fully saturated rings. The minimum Gasteiger partial charge on any atom is -0.444 e. The second kappa shape index (κ2) is 11.2. The molecule has 3 aliphatic rings. The number of hydrogen-bond donors (Lipinski definition) is 0. The topological polar surface area (TPSA) is 107 Å². The molecule has 0 N–H and O–H groups in total. The van der Waals surface area contributed by atoms with Gasteiger partial charge in [-0.15, -0.1) is 0 Å². The Bertz CT molecular complexity index is 1360. The van der Waals surface area contributed by atoms with Crippen LogP contribution < -0.4 is 5.56 Å². The van der Waals surface area contributed by atoms with Gasteiger partial charge in [-0.1, -0.05) is 19.3 Å². The second-order valence-corrected chi connectivity index (χ2v) is 11.6. The van der Waals surface area contributed by atoms with E-state index < -0.39 is 5.60 Å². The van der Waals surface area contributed by atoms with E-state index in [2.05, 4.69) is 9.97 Å². The summed E-state index contributed by atoms with van der Waals surface area (Å²) in [5.74, 6) is 0.750. The fourth-order valence-electron chi connectivity index (χ4n) is 5.76. The molecular formula is C28H39N7O4. The van der Waals surface area contributed by atoms with Crippen LogP contribution in [0.3, 0.4) is 0 Å². The Morgan fingerprint density at radius 1 is 0.872 bits per heavy atom. The molecule has 39 heavy (non-hydrogen) atoms. The Labute approximate surface area is 228 Å². The number of likely N-dealkylation sites (tertiary alicyclic amines) is 1. The zero-order valence-electron chi connectivity index (χ0n) is 23.2. The Morgan fingerprint density at radius 2 is 1.62 bits per heavy atom. The van der Waals surface area contributed by atoms with E-state index in [-0.39, 0.29) is 23.6 Å². The number of aromatic nitrogens is 5. The van der Waals surface area contributed by atoms with E-state index in [4.69, 9.17) is 4.74 Å². The molecule has 2 aliphatic heterocycles. The first kappa shape index (κ1) is 27.0. The van der Waals surface area contributed by atoms with E-state index in [0.29, 0.717) is 30.6 Å². The number of amides is 2. The molecule has 1 aliphatic carbocycles. The summed E-state index contributed by atoms with van der Waals surface area (Å²) in [5.41, 5.74) is -0.245. The normalized spacial score (nSPS) is 20.4. The lowest BCUT2D eigenvalue weighted by Crippen LogP contribution is -2.47. The maximum atomic E-state index is 12.5. The van der Waals surface area contributed by atoms with E-state index >= 15 is 0 Å². The van der Waals surface area contributed by atoms with E-state index in [9.17, 15) is 14.4 Å². The van der Waals surface area contributed by atoms with Crippen LogP contribution >= 0.6 is 0 Å². The van der Waals surface area contributed by atoms with Crippen LogP contribution in [0.1, 0.15) is 82.4 Å². The van der Waals surface area contributed by atoms with E-state index in [1.54, 1.807) is 38.7 Å². The molecule has 11 nitrogen and oxygen atoms in total. The van der Waals surface area contributed by atoms with Gasteiger partial charge in [0.1, 0.15) is 5.60 Å². The standard InChI is InChI=1S/C16H22N4O3.C12H17N3O/c1-16(2,3)23-15(22)19-7-4-5-12(11-19)20-10-9-18-8-6-17-13(18)14(20)21;16-12-11-13-6-7-14(11)8-9-15(12)10-4-2-1-3-5-10/h6,8-10,12H,4-5,7,11H2,1-3H3;6-7,10H,1-5,8-9H2/t12-;/m1./s1. The van der Waals surface area contributed by atoms with Gasteiger partial charge in [-0.25, -0.2) is 14.8 Å². The predicted octanol–water partition coefficient (Wildman–Crippen LogP) is 3.74. The summed E-state index contributed by atoms with van der Waals surface area (Å²) in [4.78, 5) is 49.0. The predicted molar refractivity (Wildman–Crippen MR) is 146 cm³/mol. The Morgan fingerprint density at radius 3 is 2.38 bits per heavy atom. The highest BCUT2D eigenvalue weighted by Gasteiger charge is 2.32. The van der Waals surface area contributed by atoms with Crippen molar-refractivity contribution in [1.82, 2.24) is 33.3 Å². The summed E-state index contributed by atoms with van der Waals surface area (Å²) < 4.78 is 10.8. The lowest BCUT2D eigenvalue weighted by molar-refractivity contribution is 0.0171. The fraction of sp³-hybridized carbons (Fsp3) is 0.607. The summed E-state index contributed by atoms with van der Waals surface area (Å²) >= 11 is 0. The quantitative estimate of drug-likeness (QED) is 0.493. The molecule has 1 atom stereocenters. The highest BCUT2D eigenvalue weighted by Crippen LogP contribution is 2.25. The van der Waals surface area contributed by atoms with Crippen molar-refractivity contribution in [2.24, 2.45) is 0 Å². The minimum absolute atomic E-state index is 0.0505. The molecule has 210 valence electrons. The van der Waals surface area contributed by atoms with Crippen molar-refractivity contribution in [3.05, 3.63) is 53.4 Å². The summed E-state index contributed by atoms with van der Waals surface area (Å²) in [6, 6.07) is 0.414. The first-order valence-corrected chi connectivity index (χ1v) is 14.0. The van der Waals surface area contributed by atoms with Crippen molar-refractivity contribution < 1.29 is 14.3 Å². The minimum atomic E-state index is -0.518. The molecular weight excluding hydrogens is 498 g/mol. The van der Waals surface area contributed by atoms with Crippen LogP contribution in [-0.2, 0) is 11.3 Å². The molecule has 3 aromatic rings. The molecule has 0 bridgehead atoms. The van der Waals surface area contributed by atoms with Crippen LogP contribution in [0, 0.1) is 0 Å². The molecule has 0 aromatic carbocycles. The molecule has 0 unspecified atom stereocenters. The third-order valence-electron chi connectivity index (χ3n) is 7.69. The molecule has 1 saturated carbocycles. The van der Waals surface area contributed by atoms with E-state index in [1.807, 2.05) is 42.6 Å². The van der Waals surface area contributed by atoms with Gasteiger partial charge in [0.2, 0.25) is 5.65 Å². The monoisotopic (exact) mass is 537 g/mol. The van der Waals surface area contributed by atoms with Crippen LogP contribution in [0.25, 0.3) is 5.65 Å². The number of carbonyl (C=O) groups is 2. The lowest BCUT2D eigenvalue weighted by atomic mass is 9.94. The highest BCUT2D eigenvalue weighted by molar-refractivity contribution is 5.91. The van der Waals surface area contributed by atoms with Crippen LogP contribution in [0.15, 0.2) is 42.0 Å². The third kappa shape index (κ3) is 6.02. The summed E-state index contributed by atoms with van der Waals surface area (Å²) in [5, 5.41) is 0. The SMILES string of the molecule is CC(C)(C)OC(=O)N1CCC[C@@H](n2ccn3ccnc3c2=O)C1.O=C1c2nccn2CCN1C1CCCCC1. The van der Waals surface area contributed by atoms with Gasteiger partial charge in [0.05, 0.1) is 6.04 Å². The number of rotatable bonds is 2. The smallest absolute Gasteiger partial charge is 0.410 e. The average molecular weight is 538 g/mol. The number of ether oxygens (including phenoxy) is 1. The zero-order chi connectivity index (χ0) is 27.6. The second-order valence-electron chi connectivity index (χ2n) is 11.6. The molecule has 3 aromatic heterocycles. The summed E-state index contributed by atoms with van der Waals surface area (Å²) in [7, 11) is 0. The van der Waals surface area contributed by atoms with Crippen LogP contribution in [-0.4, -0.2) is 76.6 Å². The van der Waals surface area contributed by atoms with Gasteiger partial charge in [0, 0.05) is 69.4 Å². The molecule has 6 rings (SSSR count). The van der Waals surface area contributed by atoms with Gasteiger partial charge in [-0.2, -0.15) is 0 Å². The molecule has 0 radical (unpaired) electrons. The first-order valence-electron chi connectivity index (χ1n) is 14.0. The molecule has 1 saturated heterocycles. The van der Waals surface area contributed by atoms with Crippen molar-refractivity contribution in [2.45, 2.75) is 89.9 Å². The Kier molecular flexibility index (Phi) is 7.76. The number of nitrogens with zero attached hydrogens (tertiary/aromatic N) is 7. The van der Waals surface area contributed by atoms with Crippen molar-refractivity contribution in [3.8, 4) is 0 Å². The van der Waals surface area contributed by atoms with Crippen molar-refractivity contribution in [2.75, 3.05) is 19.6 Å². The van der Waals surface area contributed by atoms with Crippen molar-refractivity contribution in [1.29, 1.82) is 0 Å². The summed E-state index contributed by atoms with van der Waals surface area (Å²) in [6.45, 7) is 8.44. The number of hydrogen-bond acceptors (Lipinski definition) is 6. The number of carbonyl (C=O) groups excluding carboxylic acids is 2. The van der Waals surface area contributed by atoms with Gasteiger partial charge in [0.15, 0.2) is 5.82 Å². The Hall–Kier alpha value is -3.63. The van der Waals surface area contributed by atoms with Crippen molar-refractivity contribution in [3.63, 3.8) is 0 Å². The van der Waals surface area contributed by atoms with Gasteiger partial charge in [-0.3, -0.25) is 9.59 Å². The maximum Gasteiger partial charge on any atom is 0.410 e. The number of imidazole rings is 2. The summed E-state index contributed by atoms with van der Waals surface area (Å²) in [6.07, 6.45) is 18.1. The van der Waals surface area contributed by atoms with E-state index in [0.717, 1.165) is 25.9 Å². The fourth-order valence-corrected chi connectivity index (χ4v) is 5.76. The first-order chi connectivity index (χ1) is 18.7. The number of piperidine rings is 1. The lowest BCUT2D eigenvalue weighted by Gasteiger charge is -2.36. The van der Waals surface area contributed by atoms with Gasteiger partial charge < -0.3 is 28.1 Å². The molecule has 11 heteroatoms. The van der Waals surface area contributed by atoms with Gasteiger partial charge in [0.25, 0.3) is 11.5 Å². The maximum absolute atomic E-state index is 12.5. The zero-order valence-corrected chi connectivity index (χ0v) is 23.2. The van der Waals surface area contributed by atoms with Crippen molar-refractivity contribution >= 4 is 17.6 Å². The van der Waals surface area contributed by atoms with Gasteiger partial charge >= 0.3 is 6.09 Å². The Balaban J connectivity index is 0.000000168. The van der Waals surface area contributed by atoms with E-state index in [1.165, 1.54) is 32.1 Å². The largest absolute Gasteiger partial charge is 0.444 e. The van der Waals surface area contributed by atoms with Crippen LogP contribution in [0.4, 0.5) is 4.79 Å². The molecule has 0 spiro atoms. The van der Waals surface area contributed by atoms with Gasteiger partial charge in [-0.05, 0) is 46.5 Å². The molecule has 5 heterocycles. The molecule has 2 amide bonds.